The zero-order valence-corrected chi connectivity index (χ0v) is 21.7. The summed E-state index contributed by atoms with van der Waals surface area (Å²) in [5.41, 5.74) is 6.14. The average Bonchev–Trinajstić information content (AvgIpc) is 3.41. The van der Waals surface area contributed by atoms with E-state index >= 15 is 0 Å². The number of nitrogens with zero attached hydrogens (tertiary/aromatic N) is 7. The minimum Gasteiger partial charge on any atom is -0.494 e. The van der Waals surface area contributed by atoms with E-state index in [1.54, 1.807) is 42.5 Å². The molecule has 12 heteroatoms. The molecule has 0 aliphatic heterocycles. The van der Waals surface area contributed by atoms with Crippen molar-refractivity contribution < 1.29 is 9.53 Å². The molecule has 36 heavy (non-hydrogen) atoms. The van der Waals surface area contributed by atoms with Crippen LogP contribution < -0.4 is 10.1 Å². The number of ether oxygens (including phenoxy) is 1. The van der Waals surface area contributed by atoms with E-state index in [-0.39, 0.29) is 10.7 Å². The number of anilines is 1. The Bertz CT molecular complexity index is 1630. The second kappa shape index (κ2) is 9.25. The summed E-state index contributed by atoms with van der Waals surface area (Å²) in [4.78, 5) is 31.1. The summed E-state index contributed by atoms with van der Waals surface area (Å²) < 4.78 is 8.06. The summed E-state index contributed by atoms with van der Waals surface area (Å²) in [5.74, 6) is 0.0836. The van der Waals surface area contributed by atoms with Gasteiger partial charge in [0.05, 0.1) is 41.2 Å². The Morgan fingerprint density at radius 2 is 1.97 bits per heavy atom. The van der Waals surface area contributed by atoms with Gasteiger partial charge in [-0.05, 0) is 38.5 Å². The van der Waals surface area contributed by atoms with Crippen molar-refractivity contribution in [1.29, 1.82) is 0 Å². The van der Waals surface area contributed by atoms with Crippen LogP contribution in [-0.2, 0) is 7.05 Å². The predicted octanol–water partition coefficient (Wildman–Crippen LogP) is 4.78. The molecule has 10 nitrogen and oxygen atoms in total. The third-order valence-corrected chi connectivity index (χ3v) is 7.11. The number of halogens is 1. The molecule has 0 bridgehead atoms. The molecule has 0 fully saturated rings. The first-order valence-electron chi connectivity index (χ1n) is 10.9. The summed E-state index contributed by atoms with van der Waals surface area (Å²) >= 11 is 7.84. The van der Waals surface area contributed by atoms with Gasteiger partial charge in [0, 0.05) is 30.1 Å². The smallest absolute Gasteiger partial charge is 0.261 e. The quantitative estimate of drug-likeness (QED) is 0.328. The fourth-order valence-corrected chi connectivity index (χ4v) is 5.34. The predicted molar refractivity (Wildman–Crippen MR) is 139 cm³/mol. The Labute approximate surface area is 215 Å². The van der Waals surface area contributed by atoms with E-state index in [9.17, 15) is 4.79 Å². The maximum absolute atomic E-state index is 13.5. The van der Waals surface area contributed by atoms with E-state index < -0.39 is 5.91 Å². The third-order valence-electron chi connectivity index (χ3n) is 5.73. The van der Waals surface area contributed by atoms with Crippen LogP contribution in [0.15, 0.2) is 30.7 Å². The van der Waals surface area contributed by atoms with E-state index in [0.29, 0.717) is 33.2 Å². The lowest BCUT2D eigenvalue weighted by Gasteiger charge is -2.14. The van der Waals surface area contributed by atoms with Crippen molar-refractivity contribution in [2.45, 2.75) is 20.8 Å². The number of carbonyl (C=O) groups excluding carboxylic acids is 1. The number of nitrogens with one attached hydrogen (secondary N) is 1. The second-order valence-electron chi connectivity index (χ2n) is 8.12. The van der Waals surface area contributed by atoms with E-state index in [4.69, 9.17) is 16.3 Å². The molecule has 5 rings (SSSR count). The molecule has 5 aromatic heterocycles. The maximum Gasteiger partial charge on any atom is 0.261 e. The number of pyridine rings is 3. The molecule has 0 saturated heterocycles. The zero-order chi connectivity index (χ0) is 25.6. The van der Waals surface area contributed by atoms with Crippen LogP contribution in [0.25, 0.3) is 32.7 Å². The second-order valence-corrected chi connectivity index (χ2v) is 9.48. The van der Waals surface area contributed by atoms with Crippen LogP contribution in [-0.4, -0.2) is 47.9 Å². The molecule has 182 valence electrons. The first kappa shape index (κ1) is 23.8. The van der Waals surface area contributed by atoms with Gasteiger partial charge in [-0.25, -0.2) is 14.6 Å². The topological polar surface area (TPSA) is 121 Å². The van der Waals surface area contributed by atoms with Gasteiger partial charge in [0.25, 0.3) is 5.91 Å². The standard InChI is InChI=1S/C24H21ClN8O2S/c1-11-8-15(14-6-7-26-10-17(14)35-5)18(22(25)28-11)23(34)30-24-29-16-9-27-19(12(2)21(16)36-24)20-13(3)31-32-33(20)4/h6-10H,1-5H3,(H,29,30,34). The van der Waals surface area contributed by atoms with Gasteiger partial charge in [0.1, 0.15) is 22.1 Å². The Morgan fingerprint density at radius 1 is 1.17 bits per heavy atom. The van der Waals surface area contributed by atoms with Gasteiger partial charge < -0.3 is 4.74 Å². The van der Waals surface area contributed by atoms with Gasteiger partial charge >= 0.3 is 0 Å². The van der Waals surface area contributed by atoms with Crippen molar-refractivity contribution in [3.05, 3.63) is 58.4 Å². The molecule has 0 aliphatic rings. The molecule has 0 spiro atoms. The number of methoxy groups -OCH3 is 1. The first-order valence-corrected chi connectivity index (χ1v) is 12.1. The highest BCUT2D eigenvalue weighted by molar-refractivity contribution is 7.22. The van der Waals surface area contributed by atoms with Crippen molar-refractivity contribution in [3.63, 3.8) is 0 Å². The van der Waals surface area contributed by atoms with Crippen molar-refractivity contribution in [2.24, 2.45) is 7.05 Å². The number of hydrogen-bond acceptors (Lipinski definition) is 9. The molecule has 1 amide bonds. The minimum absolute atomic E-state index is 0.0850. The normalized spacial score (nSPS) is 11.2. The lowest BCUT2D eigenvalue weighted by molar-refractivity contribution is 0.102. The highest BCUT2D eigenvalue weighted by atomic mass is 35.5. The fourth-order valence-electron chi connectivity index (χ4n) is 4.08. The minimum atomic E-state index is -0.432. The summed E-state index contributed by atoms with van der Waals surface area (Å²) in [7, 11) is 3.37. The summed E-state index contributed by atoms with van der Waals surface area (Å²) in [6.07, 6.45) is 4.90. The zero-order valence-electron chi connectivity index (χ0n) is 20.1. The number of hydrogen-bond donors (Lipinski definition) is 1. The molecule has 0 atom stereocenters. The number of rotatable bonds is 5. The number of thiazole rings is 1. The fraction of sp³-hybridized carbons (Fsp3) is 0.208. The van der Waals surface area contributed by atoms with Crippen molar-refractivity contribution in [2.75, 3.05) is 12.4 Å². The number of carbonyl (C=O) groups is 1. The van der Waals surface area contributed by atoms with Gasteiger partial charge in [-0.3, -0.25) is 20.1 Å². The molecule has 0 aromatic carbocycles. The van der Waals surface area contributed by atoms with E-state index in [1.807, 2.05) is 27.8 Å². The SMILES string of the molecule is COc1cnccc1-c1cc(C)nc(Cl)c1C(=O)Nc1nc2cnc(-c3c(C)nnn3C)c(C)c2s1. The summed E-state index contributed by atoms with van der Waals surface area (Å²) in [5, 5.41) is 11.6. The Hall–Kier alpha value is -3.96. The van der Waals surface area contributed by atoms with Crippen LogP contribution in [0.3, 0.4) is 0 Å². The number of aromatic nitrogens is 7. The molecule has 5 heterocycles. The van der Waals surface area contributed by atoms with Crippen LogP contribution >= 0.6 is 22.9 Å². The first-order chi connectivity index (χ1) is 17.3. The van der Waals surface area contributed by atoms with Gasteiger partial charge in [-0.15, -0.1) is 5.10 Å². The lowest BCUT2D eigenvalue weighted by Crippen LogP contribution is -2.15. The Kier molecular flexibility index (Phi) is 6.10. The van der Waals surface area contributed by atoms with Gasteiger partial charge in [-0.1, -0.05) is 28.2 Å². The lowest BCUT2D eigenvalue weighted by atomic mass is 10.0. The van der Waals surface area contributed by atoms with E-state index in [0.717, 1.165) is 27.3 Å². The number of fused-ring (bicyclic) bond motifs is 1. The number of aryl methyl sites for hydroxylation is 4. The number of amides is 1. The van der Waals surface area contributed by atoms with E-state index in [1.165, 1.54) is 11.3 Å². The van der Waals surface area contributed by atoms with Gasteiger partial charge in [-0.2, -0.15) is 0 Å². The highest BCUT2D eigenvalue weighted by Gasteiger charge is 2.23. The van der Waals surface area contributed by atoms with Crippen LogP contribution in [0.2, 0.25) is 5.15 Å². The van der Waals surface area contributed by atoms with Crippen LogP contribution in [0.1, 0.15) is 27.3 Å². The van der Waals surface area contributed by atoms with Gasteiger partial charge in [0.15, 0.2) is 5.13 Å². The largest absolute Gasteiger partial charge is 0.494 e. The van der Waals surface area contributed by atoms with Crippen molar-refractivity contribution in [3.8, 4) is 28.3 Å². The van der Waals surface area contributed by atoms with Crippen LogP contribution in [0, 0.1) is 20.8 Å². The van der Waals surface area contributed by atoms with Gasteiger partial charge in [0.2, 0.25) is 0 Å². The van der Waals surface area contributed by atoms with Crippen LogP contribution in [0.4, 0.5) is 5.13 Å². The van der Waals surface area contributed by atoms with Crippen molar-refractivity contribution in [1.82, 2.24) is 34.9 Å². The molecule has 5 aromatic rings. The van der Waals surface area contributed by atoms with E-state index in [2.05, 4.69) is 35.6 Å². The average molecular weight is 521 g/mol. The molecule has 0 radical (unpaired) electrons. The van der Waals surface area contributed by atoms with Crippen LogP contribution in [0.5, 0.6) is 5.75 Å². The Morgan fingerprint density at radius 3 is 2.69 bits per heavy atom. The van der Waals surface area contributed by atoms with Crippen molar-refractivity contribution >= 4 is 44.2 Å². The monoisotopic (exact) mass is 520 g/mol. The third kappa shape index (κ3) is 4.06. The molecular weight excluding hydrogens is 500 g/mol. The highest BCUT2D eigenvalue weighted by Crippen LogP contribution is 2.37. The molecule has 0 aliphatic carbocycles. The summed E-state index contributed by atoms with van der Waals surface area (Å²) in [6.45, 7) is 5.67. The molecule has 1 N–H and O–H groups in total. The Balaban J connectivity index is 1.55. The molecule has 0 saturated carbocycles. The molecular formula is C24H21ClN8O2S. The summed E-state index contributed by atoms with van der Waals surface area (Å²) in [6, 6.07) is 3.56. The molecule has 0 unspecified atom stereocenters. The maximum atomic E-state index is 13.5.